The number of rotatable bonds is 0. The molecule has 0 nitrogen and oxygen atoms in total. The largest absolute Gasteiger partial charge is 0.269 e. The summed E-state index contributed by atoms with van der Waals surface area (Å²) in [6.07, 6.45) is 4.31. The molecular weight excluding hydrogens is 347 g/mol. The second kappa shape index (κ2) is 7.95. The first-order valence-corrected chi connectivity index (χ1v) is 2.96. The normalized spacial score (nSPS) is 14.3. The van der Waals surface area contributed by atoms with E-state index in [9.17, 15) is 0 Å². The van der Waals surface area contributed by atoms with Gasteiger partial charge in [-0.05, 0) is 0 Å². The van der Waals surface area contributed by atoms with Crippen LogP contribution in [0.2, 0.25) is 0 Å². The van der Waals surface area contributed by atoms with Crippen LogP contribution in [0.1, 0.15) is 27.2 Å². The van der Waals surface area contributed by atoms with Gasteiger partial charge in [0.2, 0.25) is 0 Å². The molecule has 1 aliphatic carbocycles. The summed E-state index contributed by atoms with van der Waals surface area (Å²) in [4.78, 5) is 0. The summed E-state index contributed by atoms with van der Waals surface area (Å²) >= 11 is 0. The maximum atomic E-state index is 3.26. The molecule has 64 valence electrons. The maximum absolute atomic E-state index is 3.26. The smallest absolute Gasteiger partial charge is 0 e. The molecule has 0 unspecified atom stereocenters. The van der Waals surface area contributed by atoms with E-state index >= 15 is 0 Å². The summed E-state index contributed by atoms with van der Waals surface area (Å²) in [7, 11) is 0. The minimum Gasteiger partial charge on any atom is -0.269 e. The van der Waals surface area contributed by atoms with E-state index in [1.165, 1.54) is 16.7 Å². The van der Waals surface area contributed by atoms with Crippen LogP contribution >= 0.6 is 34.0 Å². The minimum atomic E-state index is 0. The van der Waals surface area contributed by atoms with Gasteiger partial charge in [-0.25, -0.2) is 5.57 Å². The molecule has 0 amide bonds. The fourth-order valence-electron chi connectivity index (χ4n) is 0.850. The molecule has 0 aliphatic heterocycles. The Bertz CT molecular complexity index is 165. The van der Waals surface area contributed by atoms with Crippen LogP contribution in [0.15, 0.2) is 16.7 Å². The molecule has 0 aromatic rings. The molecule has 0 atom stereocenters. The van der Waals surface area contributed by atoms with Crippen LogP contribution in [0.25, 0.3) is 0 Å². The van der Waals surface area contributed by atoms with Gasteiger partial charge in [0, 0.05) is 26.2 Å². The zero-order valence-corrected chi connectivity index (χ0v) is 12.9. The number of halogens is 2. The van der Waals surface area contributed by atoms with Crippen LogP contribution in [0.5, 0.6) is 0 Å². The second-order valence-corrected chi connectivity index (χ2v) is 2.38. The fourth-order valence-corrected chi connectivity index (χ4v) is 0.850. The third-order valence-electron chi connectivity index (χ3n) is 1.82. The first-order chi connectivity index (χ1) is 3.72. The third-order valence-corrected chi connectivity index (χ3v) is 1.82. The van der Waals surface area contributed by atoms with Crippen molar-refractivity contribution in [2.45, 2.75) is 27.2 Å². The van der Waals surface area contributed by atoms with Gasteiger partial charge in [-0.15, -0.1) is 47.3 Å². The molecule has 0 radical (unpaired) electrons. The van der Waals surface area contributed by atoms with E-state index in [2.05, 4.69) is 26.8 Å². The van der Waals surface area contributed by atoms with E-state index < -0.39 is 0 Å². The van der Waals surface area contributed by atoms with Crippen molar-refractivity contribution in [3.05, 3.63) is 22.8 Å². The van der Waals surface area contributed by atoms with E-state index in [4.69, 9.17) is 0 Å². The van der Waals surface area contributed by atoms with Crippen molar-refractivity contribution in [1.82, 2.24) is 0 Å². The molecule has 0 spiro atoms. The fraction of sp³-hybridized carbons (Fsp3) is 0.500. The van der Waals surface area contributed by atoms with Gasteiger partial charge in [0.15, 0.2) is 0 Å². The summed E-state index contributed by atoms with van der Waals surface area (Å²) in [5.74, 6) is 0. The standard InChI is InChI=1S/C8H11.2BrH.Zr/c1-6-4-5-7(2)8(6)3;;;/h4H2,1-3H3;2*1H;/q-1;;;. The van der Waals surface area contributed by atoms with E-state index in [0.29, 0.717) is 0 Å². The molecule has 0 saturated carbocycles. The summed E-state index contributed by atoms with van der Waals surface area (Å²) < 4.78 is 0. The van der Waals surface area contributed by atoms with Gasteiger partial charge >= 0.3 is 0 Å². The molecule has 0 bridgehead atoms. The molecule has 0 N–H and O–H groups in total. The average Bonchev–Trinajstić information content (AvgIpc) is 1.98. The number of allylic oxidation sites excluding steroid dienone is 4. The summed E-state index contributed by atoms with van der Waals surface area (Å²) in [6, 6.07) is 0. The SMILES string of the molecule is Br.Br.CC1=[C-]CC(C)=C1C.[Zr]. The van der Waals surface area contributed by atoms with Crippen molar-refractivity contribution in [3.63, 3.8) is 0 Å². The first-order valence-electron chi connectivity index (χ1n) is 2.96. The zero-order valence-electron chi connectivity index (χ0n) is 7.02. The van der Waals surface area contributed by atoms with Crippen LogP contribution in [-0.2, 0) is 26.2 Å². The minimum absolute atomic E-state index is 0. The van der Waals surface area contributed by atoms with Gasteiger partial charge in [-0.2, -0.15) is 11.1 Å². The van der Waals surface area contributed by atoms with Gasteiger partial charge in [0.05, 0.1) is 0 Å². The van der Waals surface area contributed by atoms with Crippen molar-refractivity contribution < 1.29 is 26.2 Å². The third kappa shape index (κ3) is 4.80. The topological polar surface area (TPSA) is 0 Å². The van der Waals surface area contributed by atoms with Gasteiger partial charge in [0.25, 0.3) is 0 Å². The Morgan fingerprint density at radius 2 is 1.55 bits per heavy atom. The van der Waals surface area contributed by atoms with Crippen molar-refractivity contribution in [2.24, 2.45) is 0 Å². The molecule has 1 aliphatic rings. The van der Waals surface area contributed by atoms with Crippen molar-refractivity contribution in [3.8, 4) is 0 Å². The Morgan fingerprint density at radius 3 is 1.64 bits per heavy atom. The van der Waals surface area contributed by atoms with E-state index in [-0.39, 0.29) is 60.2 Å². The average molecular weight is 360 g/mol. The first kappa shape index (κ1) is 18.2. The van der Waals surface area contributed by atoms with Gasteiger partial charge in [0.1, 0.15) is 0 Å². The molecule has 0 aromatic carbocycles. The van der Waals surface area contributed by atoms with Crippen molar-refractivity contribution in [2.75, 3.05) is 0 Å². The molecular formula is C8H13Br2Zr-. The molecule has 0 fully saturated rings. The summed E-state index contributed by atoms with van der Waals surface area (Å²) in [5, 5.41) is 0. The maximum Gasteiger partial charge on any atom is 0 e. The molecule has 0 heterocycles. The summed E-state index contributed by atoms with van der Waals surface area (Å²) in [6.45, 7) is 6.44. The van der Waals surface area contributed by atoms with Gasteiger partial charge in [-0.1, -0.05) is 13.8 Å². The van der Waals surface area contributed by atoms with Crippen molar-refractivity contribution in [1.29, 1.82) is 0 Å². The monoisotopic (exact) mass is 357 g/mol. The number of hydrogen-bond donors (Lipinski definition) is 0. The Hall–Kier alpha value is 1.32. The predicted molar refractivity (Wildman–Crippen MR) is 56.1 cm³/mol. The molecule has 1 rings (SSSR count). The van der Waals surface area contributed by atoms with Crippen LogP contribution in [-0.4, -0.2) is 0 Å². The summed E-state index contributed by atoms with van der Waals surface area (Å²) in [5.41, 5.74) is 4.25. The molecule has 0 aromatic heterocycles. The quantitative estimate of drug-likeness (QED) is 0.579. The predicted octanol–water partition coefficient (Wildman–Crippen LogP) is 3.63. The van der Waals surface area contributed by atoms with E-state index in [1.54, 1.807) is 0 Å². The van der Waals surface area contributed by atoms with Crippen molar-refractivity contribution >= 4 is 34.0 Å². The molecule has 3 heteroatoms. The van der Waals surface area contributed by atoms with E-state index in [0.717, 1.165) is 6.42 Å². The molecule has 0 saturated heterocycles. The Balaban J connectivity index is -0.000000213. The number of hydrogen-bond acceptors (Lipinski definition) is 0. The van der Waals surface area contributed by atoms with E-state index in [1.807, 2.05) is 0 Å². The van der Waals surface area contributed by atoms with Gasteiger partial charge in [-0.3, -0.25) is 6.08 Å². The van der Waals surface area contributed by atoms with Gasteiger partial charge < -0.3 is 0 Å². The van der Waals surface area contributed by atoms with Crippen LogP contribution < -0.4 is 0 Å². The zero-order chi connectivity index (χ0) is 6.15. The van der Waals surface area contributed by atoms with Crippen LogP contribution in [0.4, 0.5) is 0 Å². The Labute approximate surface area is 109 Å². The van der Waals surface area contributed by atoms with Crippen LogP contribution in [0, 0.1) is 6.08 Å². The molecule has 11 heavy (non-hydrogen) atoms. The van der Waals surface area contributed by atoms with Crippen LogP contribution in [0.3, 0.4) is 0 Å². The Morgan fingerprint density at radius 1 is 1.09 bits per heavy atom. The second-order valence-electron chi connectivity index (χ2n) is 2.38. The Kier molecular flexibility index (Phi) is 13.1.